The summed E-state index contributed by atoms with van der Waals surface area (Å²) >= 11 is 0. The minimum atomic E-state index is 0.0584. The number of rotatable bonds is 3. The maximum absolute atomic E-state index is 8.29. The smallest absolute Gasteiger partial charge is 0.291 e. The fourth-order valence-electron chi connectivity index (χ4n) is 3.89. The van der Waals surface area contributed by atoms with Crippen LogP contribution in [-0.2, 0) is 9.47 Å². The maximum Gasteiger partial charge on any atom is 0.291 e. The van der Waals surface area contributed by atoms with Crippen molar-refractivity contribution in [2.45, 2.75) is 59.4 Å². The fraction of sp³-hybridized carbons (Fsp3) is 0.652. The van der Waals surface area contributed by atoms with E-state index in [-0.39, 0.29) is 11.9 Å². The topological polar surface area (TPSA) is 72.6 Å². The third-order valence-electron chi connectivity index (χ3n) is 5.67. The average Bonchev–Trinajstić information content (AvgIpc) is 2.75. The highest BCUT2D eigenvalue weighted by Crippen LogP contribution is 2.21. The third kappa shape index (κ3) is 6.28. The molecule has 0 unspecified atom stereocenters. The second-order valence-corrected chi connectivity index (χ2v) is 7.83. The maximum atomic E-state index is 8.29. The Morgan fingerprint density at radius 2 is 1.69 bits per heavy atom. The third-order valence-corrected chi connectivity index (χ3v) is 5.67. The highest BCUT2D eigenvalue weighted by Gasteiger charge is 2.27. The van der Waals surface area contributed by atoms with Crippen molar-refractivity contribution in [3.8, 4) is 0 Å². The molecule has 0 amide bonds. The number of nitrogens with one attached hydrogen (secondary N) is 2. The molecule has 29 heavy (non-hydrogen) atoms. The second-order valence-electron chi connectivity index (χ2n) is 7.83. The number of likely N-dealkylation sites (tertiary alicyclic amines) is 1. The van der Waals surface area contributed by atoms with E-state index in [0.717, 1.165) is 63.4 Å². The van der Waals surface area contributed by atoms with Crippen LogP contribution < -0.4 is 0 Å². The van der Waals surface area contributed by atoms with Gasteiger partial charge in [0, 0.05) is 37.8 Å². The number of aryl methyl sites for hydroxylation is 1. The summed E-state index contributed by atoms with van der Waals surface area (Å²) in [5, 5.41) is 16.6. The molecule has 2 heterocycles. The highest BCUT2D eigenvalue weighted by atomic mass is 16.5. The van der Waals surface area contributed by atoms with Crippen LogP contribution in [0.15, 0.2) is 18.2 Å². The first-order valence-corrected chi connectivity index (χ1v) is 11.0. The van der Waals surface area contributed by atoms with Crippen molar-refractivity contribution in [3.63, 3.8) is 0 Å². The lowest BCUT2D eigenvalue weighted by Gasteiger charge is -2.40. The van der Waals surface area contributed by atoms with E-state index in [1.54, 1.807) is 0 Å². The van der Waals surface area contributed by atoms with Gasteiger partial charge in [0.2, 0.25) is 5.90 Å². The number of hydrogen-bond donors (Lipinski definition) is 2. The first-order valence-electron chi connectivity index (χ1n) is 11.0. The minimum Gasteiger partial charge on any atom is -0.407 e. The van der Waals surface area contributed by atoms with Crippen molar-refractivity contribution in [1.82, 2.24) is 9.80 Å². The van der Waals surface area contributed by atoms with Gasteiger partial charge in [-0.3, -0.25) is 15.7 Å². The second kappa shape index (κ2) is 11.3. The Kier molecular flexibility index (Phi) is 9.11. The Bertz CT molecular complexity index is 675. The van der Waals surface area contributed by atoms with E-state index in [1.165, 1.54) is 5.56 Å². The van der Waals surface area contributed by atoms with Crippen LogP contribution in [0, 0.1) is 17.7 Å². The molecule has 0 saturated carbocycles. The summed E-state index contributed by atoms with van der Waals surface area (Å²) in [6.45, 7) is 15.6. The van der Waals surface area contributed by atoms with Crippen LogP contribution in [0.25, 0.3) is 0 Å². The van der Waals surface area contributed by atoms with Crippen molar-refractivity contribution in [1.29, 1.82) is 10.8 Å². The van der Waals surface area contributed by atoms with Crippen molar-refractivity contribution in [2.75, 3.05) is 39.4 Å². The van der Waals surface area contributed by atoms with Gasteiger partial charge in [0.05, 0.1) is 13.2 Å². The zero-order valence-corrected chi connectivity index (χ0v) is 18.8. The molecule has 2 saturated heterocycles. The summed E-state index contributed by atoms with van der Waals surface area (Å²) in [6, 6.07) is 6.75. The molecule has 0 spiro atoms. The first kappa shape index (κ1) is 23.4. The molecular weight excluding hydrogens is 364 g/mol. The molecule has 0 aromatic heterocycles. The summed E-state index contributed by atoms with van der Waals surface area (Å²) in [5.74, 6) is 0.516. The van der Waals surface area contributed by atoms with Crippen molar-refractivity contribution < 1.29 is 9.47 Å². The quantitative estimate of drug-likeness (QED) is 0.586. The number of nitrogens with zero attached hydrogens (tertiary/aromatic N) is 2. The average molecular weight is 403 g/mol. The van der Waals surface area contributed by atoms with E-state index in [9.17, 15) is 0 Å². The summed E-state index contributed by atoms with van der Waals surface area (Å²) in [7, 11) is 0. The van der Waals surface area contributed by atoms with Gasteiger partial charge in [-0.2, -0.15) is 0 Å². The number of amidine groups is 1. The number of morpholine rings is 1. The molecular formula is C23H38N4O2. The van der Waals surface area contributed by atoms with Crippen LogP contribution in [0.2, 0.25) is 0 Å². The molecule has 0 radical (unpaired) electrons. The molecule has 2 N–H and O–H groups in total. The van der Waals surface area contributed by atoms with Crippen LogP contribution in [0.5, 0.6) is 0 Å². The molecule has 2 aliphatic heterocycles. The summed E-state index contributed by atoms with van der Waals surface area (Å²) in [6.07, 6.45) is 2.06. The molecule has 2 fully saturated rings. The predicted octanol–water partition coefficient (Wildman–Crippen LogP) is 4.22. The van der Waals surface area contributed by atoms with Crippen molar-refractivity contribution >= 4 is 11.9 Å². The van der Waals surface area contributed by atoms with Gasteiger partial charge in [-0.05, 0) is 42.9 Å². The van der Waals surface area contributed by atoms with Gasteiger partial charge >= 0.3 is 0 Å². The van der Waals surface area contributed by atoms with Gasteiger partial charge in [-0.15, -0.1) is 0 Å². The molecule has 6 nitrogen and oxygen atoms in total. The number of ether oxygens (including phenoxy) is 2. The zero-order valence-electron chi connectivity index (χ0n) is 18.8. The van der Waals surface area contributed by atoms with E-state index in [1.807, 2.05) is 37.8 Å². The predicted molar refractivity (Wildman–Crippen MR) is 119 cm³/mol. The molecule has 0 atom stereocenters. The molecule has 0 bridgehead atoms. The Morgan fingerprint density at radius 1 is 1.07 bits per heavy atom. The lowest BCUT2D eigenvalue weighted by Crippen LogP contribution is -2.50. The Hall–Kier alpha value is -1.92. The van der Waals surface area contributed by atoms with E-state index in [4.69, 9.17) is 20.3 Å². The molecule has 1 aromatic rings. The van der Waals surface area contributed by atoms with Gasteiger partial charge in [-0.1, -0.05) is 39.8 Å². The molecule has 162 valence electrons. The number of benzene rings is 1. The van der Waals surface area contributed by atoms with Crippen LogP contribution in [0.1, 0.15) is 63.1 Å². The lowest BCUT2D eigenvalue weighted by atomic mass is 9.98. The number of hydrogen-bond acceptors (Lipinski definition) is 5. The lowest BCUT2D eigenvalue weighted by molar-refractivity contribution is 0.00452. The summed E-state index contributed by atoms with van der Waals surface area (Å²) < 4.78 is 11.0. The first-order chi connectivity index (χ1) is 14.0. The van der Waals surface area contributed by atoms with Crippen LogP contribution in [0.4, 0.5) is 0 Å². The van der Waals surface area contributed by atoms with Crippen molar-refractivity contribution in [2.24, 2.45) is 0 Å². The van der Waals surface area contributed by atoms with Gasteiger partial charge in [0.15, 0.2) is 0 Å². The van der Waals surface area contributed by atoms with Gasteiger partial charge in [-0.25, -0.2) is 0 Å². The Balaban J connectivity index is 0.00000145. The van der Waals surface area contributed by atoms with E-state index >= 15 is 0 Å². The fourth-order valence-corrected chi connectivity index (χ4v) is 3.89. The molecule has 1 aromatic carbocycles. The minimum absolute atomic E-state index is 0.0584. The van der Waals surface area contributed by atoms with E-state index in [2.05, 4.69) is 24.8 Å². The summed E-state index contributed by atoms with van der Waals surface area (Å²) in [5.41, 5.74) is 3.03. The molecule has 0 aliphatic carbocycles. The Morgan fingerprint density at radius 3 is 2.24 bits per heavy atom. The van der Waals surface area contributed by atoms with E-state index < -0.39 is 0 Å². The van der Waals surface area contributed by atoms with Crippen LogP contribution in [-0.4, -0.2) is 67.2 Å². The van der Waals surface area contributed by atoms with E-state index in [0.29, 0.717) is 12.0 Å². The Labute approximate surface area is 176 Å². The standard InChI is InChI=1S/C21H32N4O2.C2H6/c1-15(2)17-4-5-19(16(3)14-17)20(22)27-21(23)25-8-6-18(7-9-25)24-10-12-26-13-11-24;1-2/h4-5,14-15,18,22-23H,6-13H2,1-3H3;1-2H3. The number of piperidine rings is 1. The highest BCUT2D eigenvalue weighted by molar-refractivity contribution is 5.99. The van der Waals surface area contributed by atoms with Gasteiger partial charge in [0.1, 0.15) is 0 Å². The molecule has 6 heteroatoms. The monoisotopic (exact) mass is 402 g/mol. The zero-order chi connectivity index (χ0) is 21.4. The van der Waals surface area contributed by atoms with Gasteiger partial charge < -0.3 is 14.4 Å². The van der Waals surface area contributed by atoms with Crippen LogP contribution >= 0.6 is 0 Å². The SMILES string of the molecule is CC.Cc1cc(C(C)C)ccc1C(=N)OC(=N)N1CCC(N2CCOCC2)CC1. The molecule has 2 aliphatic rings. The van der Waals surface area contributed by atoms with Crippen molar-refractivity contribution in [3.05, 3.63) is 34.9 Å². The summed E-state index contributed by atoms with van der Waals surface area (Å²) in [4.78, 5) is 4.45. The van der Waals surface area contributed by atoms with Crippen LogP contribution in [0.3, 0.4) is 0 Å². The molecule has 3 rings (SSSR count). The normalized spacial score (nSPS) is 18.2. The largest absolute Gasteiger partial charge is 0.407 e. The van der Waals surface area contributed by atoms with Gasteiger partial charge in [0.25, 0.3) is 6.02 Å².